The molecule has 0 aliphatic heterocycles. The van der Waals surface area contributed by atoms with E-state index >= 15 is 0 Å². The average molecular weight is 515 g/mol. The standard InChI is InChI=1S/C20H21Br2NO5/c1-11(19(25)26)28-23-10-12-7-15(21)18(16(22)8-12)27-13-5-6-17(24)14(9-13)20(2,3)4/h5-11,24H,1-4H3,(H,25,26). The molecular formula is C20H21Br2NO5. The van der Waals surface area contributed by atoms with E-state index in [1.807, 2.05) is 26.8 Å². The zero-order valence-corrected chi connectivity index (χ0v) is 19.0. The van der Waals surface area contributed by atoms with Crippen LogP contribution in [0.5, 0.6) is 17.2 Å². The minimum absolute atomic E-state index is 0.222. The maximum absolute atomic E-state index is 10.7. The second kappa shape index (κ2) is 8.96. The largest absolute Gasteiger partial charge is 0.508 e. The molecular weight excluding hydrogens is 494 g/mol. The summed E-state index contributed by atoms with van der Waals surface area (Å²) < 4.78 is 7.33. The summed E-state index contributed by atoms with van der Waals surface area (Å²) in [6, 6.07) is 8.65. The molecule has 0 saturated carbocycles. The molecule has 1 atom stereocenters. The summed E-state index contributed by atoms with van der Waals surface area (Å²) in [5.74, 6) is 0.276. The second-order valence-corrected chi connectivity index (χ2v) is 8.87. The monoisotopic (exact) mass is 513 g/mol. The molecule has 28 heavy (non-hydrogen) atoms. The van der Waals surface area contributed by atoms with Gasteiger partial charge in [-0.25, -0.2) is 4.79 Å². The van der Waals surface area contributed by atoms with E-state index in [-0.39, 0.29) is 11.2 Å². The van der Waals surface area contributed by atoms with Gasteiger partial charge in [0, 0.05) is 5.56 Å². The van der Waals surface area contributed by atoms with Crippen molar-refractivity contribution in [1.29, 1.82) is 0 Å². The highest BCUT2D eigenvalue weighted by Crippen LogP contribution is 2.40. The number of benzene rings is 2. The van der Waals surface area contributed by atoms with Gasteiger partial charge in [-0.1, -0.05) is 25.9 Å². The molecule has 2 aromatic rings. The first-order valence-corrected chi connectivity index (χ1v) is 10.00. The lowest BCUT2D eigenvalue weighted by atomic mass is 9.86. The molecule has 2 rings (SSSR count). The minimum Gasteiger partial charge on any atom is -0.508 e. The second-order valence-electron chi connectivity index (χ2n) is 7.17. The predicted octanol–water partition coefficient (Wildman–Crippen LogP) is 5.83. The summed E-state index contributed by atoms with van der Waals surface area (Å²) in [5, 5.41) is 22.6. The fraction of sp³-hybridized carbons (Fsp3) is 0.300. The van der Waals surface area contributed by atoms with Crippen LogP contribution in [0.2, 0.25) is 0 Å². The van der Waals surface area contributed by atoms with E-state index in [1.165, 1.54) is 13.1 Å². The lowest BCUT2D eigenvalue weighted by molar-refractivity contribution is -0.149. The summed E-state index contributed by atoms with van der Waals surface area (Å²) in [6.45, 7) is 7.43. The zero-order chi connectivity index (χ0) is 21.1. The Morgan fingerprint density at radius 3 is 2.32 bits per heavy atom. The van der Waals surface area contributed by atoms with E-state index < -0.39 is 12.1 Å². The fourth-order valence-electron chi connectivity index (χ4n) is 2.28. The van der Waals surface area contributed by atoms with E-state index in [0.29, 0.717) is 26.0 Å². The van der Waals surface area contributed by atoms with Gasteiger partial charge in [0.1, 0.15) is 11.5 Å². The van der Waals surface area contributed by atoms with E-state index in [0.717, 1.165) is 5.56 Å². The van der Waals surface area contributed by atoms with Crippen LogP contribution >= 0.6 is 31.9 Å². The number of hydrogen-bond donors (Lipinski definition) is 2. The molecule has 0 aromatic heterocycles. The van der Waals surface area contributed by atoms with Gasteiger partial charge in [0.25, 0.3) is 0 Å². The van der Waals surface area contributed by atoms with Crippen LogP contribution in [0.3, 0.4) is 0 Å². The normalized spacial score (nSPS) is 12.8. The summed E-state index contributed by atoms with van der Waals surface area (Å²) >= 11 is 6.94. The molecule has 0 radical (unpaired) electrons. The third-order valence-electron chi connectivity index (χ3n) is 3.79. The van der Waals surface area contributed by atoms with E-state index in [2.05, 4.69) is 37.0 Å². The Kier molecular flexibility index (Phi) is 7.11. The van der Waals surface area contributed by atoms with Crippen molar-refractivity contribution < 1.29 is 24.6 Å². The molecule has 0 fully saturated rings. The number of oxime groups is 1. The molecule has 0 saturated heterocycles. The number of nitrogens with zero attached hydrogens (tertiary/aromatic N) is 1. The van der Waals surface area contributed by atoms with Crippen LogP contribution in [-0.4, -0.2) is 28.5 Å². The van der Waals surface area contributed by atoms with Gasteiger partial charge in [-0.2, -0.15) is 0 Å². The van der Waals surface area contributed by atoms with Gasteiger partial charge < -0.3 is 19.8 Å². The van der Waals surface area contributed by atoms with Gasteiger partial charge in [-0.15, -0.1) is 0 Å². The van der Waals surface area contributed by atoms with Gasteiger partial charge in [0.05, 0.1) is 15.2 Å². The molecule has 0 spiro atoms. The number of aromatic hydroxyl groups is 1. The van der Waals surface area contributed by atoms with Crippen LogP contribution in [0.1, 0.15) is 38.8 Å². The van der Waals surface area contributed by atoms with Crippen LogP contribution in [0, 0.1) is 0 Å². The quantitative estimate of drug-likeness (QED) is 0.374. The van der Waals surface area contributed by atoms with Crippen LogP contribution in [-0.2, 0) is 15.0 Å². The first-order chi connectivity index (χ1) is 13.0. The minimum atomic E-state index is -1.09. The highest BCUT2D eigenvalue weighted by atomic mass is 79.9. The number of carboxylic acids is 1. The molecule has 0 amide bonds. The number of aliphatic carboxylic acids is 1. The molecule has 0 aliphatic carbocycles. The molecule has 2 N–H and O–H groups in total. The molecule has 0 heterocycles. The molecule has 0 bridgehead atoms. The first kappa shape index (κ1) is 22.2. The molecule has 1 unspecified atom stereocenters. The number of phenolic OH excluding ortho intramolecular Hbond substituents is 1. The fourth-order valence-corrected chi connectivity index (χ4v) is 3.66. The maximum atomic E-state index is 10.7. The Hall–Kier alpha value is -2.06. The van der Waals surface area contributed by atoms with Gasteiger partial charge >= 0.3 is 5.97 Å². The van der Waals surface area contributed by atoms with Crippen LogP contribution in [0.15, 0.2) is 44.4 Å². The van der Waals surface area contributed by atoms with E-state index in [9.17, 15) is 9.90 Å². The van der Waals surface area contributed by atoms with Gasteiger partial charge in [-0.3, -0.25) is 0 Å². The van der Waals surface area contributed by atoms with E-state index in [1.54, 1.807) is 24.3 Å². The highest BCUT2D eigenvalue weighted by Gasteiger charge is 2.19. The van der Waals surface area contributed by atoms with Crippen molar-refractivity contribution in [2.45, 2.75) is 39.2 Å². The van der Waals surface area contributed by atoms with Crippen molar-refractivity contribution in [3.63, 3.8) is 0 Å². The van der Waals surface area contributed by atoms with E-state index in [4.69, 9.17) is 14.7 Å². The third kappa shape index (κ3) is 5.72. The number of phenols is 1. The number of carboxylic acid groups (broad SMARTS) is 1. The smallest absolute Gasteiger partial charge is 0.347 e. The maximum Gasteiger partial charge on any atom is 0.347 e. The average Bonchev–Trinajstić information content (AvgIpc) is 2.58. The van der Waals surface area contributed by atoms with Crippen LogP contribution in [0.4, 0.5) is 0 Å². The number of carbonyl (C=O) groups is 1. The van der Waals surface area contributed by atoms with Crippen LogP contribution in [0.25, 0.3) is 0 Å². The predicted molar refractivity (Wildman–Crippen MR) is 114 cm³/mol. The highest BCUT2D eigenvalue weighted by molar-refractivity contribution is 9.11. The molecule has 2 aromatic carbocycles. The lowest BCUT2D eigenvalue weighted by Crippen LogP contribution is -2.17. The van der Waals surface area contributed by atoms with Crippen molar-refractivity contribution in [2.24, 2.45) is 5.16 Å². The van der Waals surface area contributed by atoms with Gasteiger partial charge in [0.2, 0.25) is 6.10 Å². The van der Waals surface area contributed by atoms with Crippen LogP contribution < -0.4 is 4.74 Å². The number of halogens is 2. The van der Waals surface area contributed by atoms with Crippen molar-refractivity contribution >= 4 is 44.0 Å². The number of rotatable bonds is 6. The molecule has 0 aliphatic rings. The van der Waals surface area contributed by atoms with Gasteiger partial charge in [0.15, 0.2) is 5.75 Å². The Morgan fingerprint density at radius 2 is 1.79 bits per heavy atom. The topological polar surface area (TPSA) is 88.4 Å². The Morgan fingerprint density at radius 1 is 1.18 bits per heavy atom. The zero-order valence-electron chi connectivity index (χ0n) is 15.9. The summed E-state index contributed by atoms with van der Waals surface area (Å²) in [6.07, 6.45) is 0.383. The summed E-state index contributed by atoms with van der Waals surface area (Å²) in [4.78, 5) is 15.6. The third-order valence-corrected chi connectivity index (χ3v) is 4.96. The molecule has 8 heteroatoms. The summed E-state index contributed by atoms with van der Waals surface area (Å²) in [5.41, 5.74) is 1.24. The molecule has 150 valence electrons. The SMILES string of the molecule is CC(ON=Cc1cc(Br)c(Oc2ccc(O)c(C(C)(C)C)c2)c(Br)c1)C(=O)O. The first-order valence-electron chi connectivity index (χ1n) is 8.41. The van der Waals surface area contributed by atoms with Crippen molar-refractivity contribution in [3.05, 3.63) is 50.4 Å². The Labute approximate surface area is 180 Å². The van der Waals surface area contributed by atoms with Crippen molar-refractivity contribution in [2.75, 3.05) is 0 Å². The Bertz CT molecular complexity index is 883. The number of ether oxygens (including phenoxy) is 1. The summed E-state index contributed by atoms with van der Waals surface area (Å²) in [7, 11) is 0. The lowest BCUT2D eigenvalue weighted by Gasteiger charge is -2.21. The van der Waals surface area contributed by atoms with Gasteiger partial charge in [-0.05, 0) is 80.1 Å². The Balaban J connectivity index is 2.24. The van der Waals surface area contributed by atoms with Crippen molar-refractivity contribution in [3.8, 4) is 17.2 Å². The van der Waals surface area contributed by atoms with Crippen molar-refractivity contribution in [1.82, 2.24) is 0 Å². The molecule has 6 nitrogen and oxygen atoms in total. The number of hydrogen-bond acceptors (Lipinski definition) is 5.